The second-order valence-corrected chi connectivity index (χ2v) is 5.63. The molecule has 0 heterocycles. The number of halogens is 1. The molecule has 1 aliphatic rings. The molecule has 0 unspecified atom stereocenters. The summed E-state index contributed by atoms with van der Waals surface area (Å²) in [4.78, 5) is 0. The van der Waals surface area contributed by atoms with Crippen molar-refractivity contribution in [3.05, 3.63) is 46.4 Å². The molecule has 3 rings (SSSR count). The van der Waals surface area contributed by atoms with Crippen molar-refractivity contribution in [1.29, 1.82) is 0 Å². The number of fused-ring (bicyclic) bond motifs is 1. The van der Waals surface area contributed by atoms with Crippen LogP contribution in [0.25, 0.3) is 10.8 Å². The number of hydrogen-bond acceptors (Lipinski definition) is 1. The third-order valence-corrected chi connectivity index (χ3v) is 4.12. The van der Waals surface area contributed by atoms with E-state index in [1.165, 1.54) is 22.8 Å². The smallest absolute Gasteiger partial charge is 0.0409 e. The van der Waals surface area contributed by atoms with E-state index in [2.05, 4.69) is 52.3 Å². The Hall–Kier alpha value is -0.860. The molecule has 0 bridgehead atoms. The Bertz CT molecular complexity index is 543. The minimum Gasteiger partial charge on any atom is -0.321 e. The molecule has 2 aromatic rings. The third-order valence-electron chi connectivity index (χ3n) is 3.62. The largest absolute Gasteiger partial charge is 0.321 e. The van der Waals surface area contributed by atoms with Gasteiger partial charge in [-0.2, -0.15) is 0 Å². The van der Waals surface area contributed by atoms with Crippen molar-refractivity contribution in [2.45, 2.75) is 24.8 Å². The summed E-state index contributed by atoms with van der Waals surface area (Å²) >= 11 is 3.51. The van der Waals surface area contributed by atoms with E-state index < -0.39 is 0 Å². The molecule has 2 N–H and O–H groups in total. The Kier molecular flexibility index (Phi) is 2.30. The maximum Gasteiger partial charge on any atom is 0.0409 e. The van der Waals surface area contributed by atoms with Gasteiger partial charge in [0, 0.05) is 10.0 Å². The van der Waals surface area contributed by atoms with Crippen LogP contribution < -0.4 is 5.73 Å². The Labute approximate surface area is 104 Å². The Morgan fingerprint density at radius 3 is 2.44 bits per heavy atom. The topological polar surface area (TPSA) is 26.0 Å². The minimum absolute atomic E-state index is 0.0590. The summed E-state index contributed by atoms with van der Waals surface area (Å²) in [6.45, 7) is 0. The van der Waals surface area contributed by atoms with Crippen LogP contribution in [0.4, 0.5) is 0 Å². The van der Waals surface area contributed by atoms with Gasteiger partial charge in [-0.05, 0) is 53.8 Å². The molecule has 0 aliphatic heterocycles. The van der Waals surface area contributed by atoms with E-state index in [9.17, 15) is 0 Å². The fourth-order valence-corrected chi connectivity index (χ4v) is 2.75. The van der Waals surface area contributed by atoms with Crippen molar-refractivity contribution >= 4 is 26.7 Å². The molecule has 0 aromatic heterocycles. The van der Waals surface area contributed by atoms with Crippen molar-refractivity contribution in [3.63, 3.8) is 0 Å². The SMILES string of the molecule is NC1(c2ccc3ccc(Br)cc3c2)CCC1. The summed E-state index contributed by atoms with van der Waals surface area (Å²) in [6.07, 6.45) is 3.49. The average Bonchev–Trinajstić information content (AvgIpc) is 2.25. The van der Waals surface area contributed by atoms with Crippen molar-refractivity contribution in [2.24, 2.45) is 5.73 Å². The molecule has 0 radical (unpaired) electrons. The molecule has 2 aromatic carbocycles. The van der Waals surface area contributed by atoms with Gasteiger partial charge < -0.3 is 5.73 Å². The van der Waals surface area contributed by atoms with Crippen LogP contribution in [-0.4, -0.2) is 0 Å². The van der Waals surface area contributed by atoms with Crippen LogP contribution in [0, 0.1) is 0 Å². The highest BCUT2D eigenvalue weighted by molar-refractivity contribution is 9.10. The lowest BCUT2D eigenvalue weighted by Gasteiger charge is -2.38. The standard InChI is InChI=1S/C14H14BrN/c15-13-5-3-10-2-4-12(8-11(10)9-13)14(16)6-1-7-14/h2-5,8-9H,1,6-7,16H2. The van der Waals surface area contributed by atoms with Gasteiger partial charge in [0.2, 0.25) is 0 Å². The van der Waals surface area contributed by atoms with Gasteiger partial charge in [0.25, 0.3) is 0 Å². The second-order valence-electron chi connectivity index (χ2n) is 4.72. The van der Waals surface area contributed by atoms with Gasteiger partial charge in [0.1, 0.15) is 0 Å². The molecule has 1 aliphatic carbocycles. The first-order valence-corrected chi connectivity index (χ1v) is 6.45. The lowest BCUT2D eigenvalue weighted by Crippen LogP contribution is -2.43. The van der Waals surface area contributed by atoms with Crippen LogP contribution in [0.3, 0.4) is 0 Å². The fourth-order valence-electron chi connectivity index (χ4n) is 2.37. The van der Waals surface area contributed by atoms with Gasteiger partial charge >= 0.3 is 0 Å². The quantitative estimate of drug-likeness (QED) is 0.838. The Morgan fingerprint density at radius 1 is 1.00 bits per heavy atom. The summed E-state index contributed by atoms with van der Waals surface area (Å²) in [5, 5.41) is 2.54. The maximum atomic E-state index is 6.34. The molecule has 0 saturated heterocycles. The number of benzene rings is 2. The van der Waals surface area contributed by atoms with Gasteiger partial charge in [-0.3, -0.25) is 0 Å². The van der Waals surface area contributed by atoms with Crippen LogP contribution in [0.2, 0.25) is 0 Å². The summed E-state index contributed by atoms with van der Waals surface area (Å²) in [6, 6.07) is 12.9. The van der Waals surface area contributed by atoms with E-state index >= 15 is 0 Å². The van der Waals surface area contributed by atoms with E-state index in [1.807, 2.05) is 0 Å². The molecule has 1 fully saturated rings. The summed E-state index contributed by atoms with van der Waals surface area (Å²) < 4.78 is 1.12. The molecular formula is C14H14BrN. The third kappa shape index (κ3) is 1.57. The zero-order valence-corrected chi connectivity index (χ0v) is 10.6. The maximum absolute atomic E-state index is 6.34. The number of nitrogens with two attached hydrogens (primary N) is 1. The van der Waals surface area contributed by atoms with Crippen LogP contribution in [-0.2, 0) is 5.54 Å². The molecular weight excluding hydrogens is 262 g/mol. The molecule has 82 valence electrons. The molecule has 1 saturated carbocycles. The predicted octanol–water partition coefficient (Wildman–Crippen LogP) is 3.94. The van der Waals surface area contributed by atoms with Crippen molar-refractivity contribution in [3.8, 4) is 0 Å². The van der Waals surface area contributed by atoms with Crippen molar-refractivity contribution in [1.82, 2.24) is 0 Å². The van der Waals surface area contributed by atoms with Crippen LogP contribution >= 0.6 is 15.9 Å². The first-order chi connectivity index (χ1) is 7.67. The first-order valence-electron chi connectivity index (χ1n) is 5.66. The van der Waals surface area contributed by atoms with E-state index in [0.717, 1.165) is 17.3 Å². The van der Waals surface area contributed by atoms with Crippen molar-refractivity contribution < 1.29 is 0 Å². The zero-order valence-electron chi connectivity index (χ0n) is 9.04. The molecule has 1 nitrogen and oxygen atoms in total. The lowest BCUT2D eigenvalue weighted by atomic mass is 9.72. The van der Waals surface area contributed by atoms with E-state index in [0.29, 0.717) is 0 Å². The Morgan fingerprint density at radius 2 is 1.75 bits per heavy atom. The Balaban J connectivity index is 2.14. The zero-order chi connectivity index (χ0) is 11.2. The van der Waals surface area contributed by atoms with Crippen LogP contribution in [0.1, 0.15) is 24.8 Å². The summed E-state index contributed by atoms with van der Waals surface area (Å²) in [5.74, 6) is 0. The predicted molar refractivity (Wildman–Crippen MR) is 71.4 cm³/mol. The number of rotatable bonds is 1. The van der Waals surface area contributed by atoms with E-state index in [1.54, 1.807) is 0 Å². The van der Waals surface area contributed by atoms with E-state index in [-0.39, 0.29) is 5.54 Å². The molecule has 0 atom stereocenters. The molecule has 0 amide bonds. The number of hydrogen-bond donors (Lipinski definition) is 1. The van der Waals surface area contributed by atoms with Gasteiger partial charge in [0.05, 0.1) is 0 Å². The minimum atomic E-state index is -0.0590. The monoisotopic (exact) mass is 275 g/mol. The fraction of sp³-hybridized carbons (Fsp3) is 0.286. The highest BCUT2D eigenvalue weighted by Crippen LogP contribution is 2.39. The van der Waals surface area contributed by atoms with Gasteiger partial charge in [-0.25, -0.2) is 0 Å². The molecule has 0 spiro atoms. The van der Waals surface area contributed by atoms with Gasteiger partial charge in [-0.15, -0.1) is 0 Å². The highest BCUT2D eigenvalue weighted by Gasteiger charge is 2.34. The normalized spacial score (nSPS) is 18.4. The average molecular weight is 276 g/mol. The van der Waals surface area contributed by atoms with Crippen molar-refractivity contribution in [2.75, 3.05) is 0 Å². The van der Waals surface area contributed by atoms with Gasteiger partial charge in [-0.1, -0.05) is 34.1 Å². The first kappa shape index (κ1) is 10.3. The molecule has 16 heavy (non-hydrogen) atoms. The van der Waals surface area contributed by atoms with E-state index in [4.69, 9.17) is 5.73 Å². The molecule has 2 heteroatoms. The van der Waals surface area contributed by atoms with Crippen LogP contribution in [0.15, 0.2) is 40.9 Å². The van der Waals surface area contributed by atoms with Gasteiger partial charge in [0.15, 0.2) is 0 Å². The summed E-state index contributed by atoms with van der Waals surface area (Å²) in [7, 11) is 0. The second kappa shape index (κ2) is 3.57. The van der Waals surface area contributed by atoms with Crippen LogP contribution in [0.5, 0.6) is 0 Å². The summed E-state index contributed by atoms with van der Waals surface area (Å²) in [5.41, 5.74) is 7.56. The highest BCUT2D eigenvalue weighted by atomic mass is 79.9. The lowest BCUT2D eigenvalue weighted by molar-refractivity contribution is 0.254.